The molecule has 0 saturated heterocycles. The van der Waals surface area contributed by atoms with Gasteiger partial charge in [0.2, 0.25) is 0 Å². The largest absolute Gasteiger partial charge is 0.493 e. The zero-order chi connectivity index (χ0) is 24.2. The fraction of sp³-hybridized carbons (Fsp3) is 0.174. The molecule has 0 aromatic heterocycles. The van der Waals surface area contributed by atoms with Gasteiger partial charge in [0.15, 0.2) is 11.5 Å². The summed E-state index contributed by atoms with van der Waals surface area (Å²) in [4.78, 5) is 0.0442. The van der Waals surface area contributed by atoms with Crippen LogP contribution in [0.1, 0.15) is 22.3 Å². The fourth-order valence-corrected chi connectivity index (χ4v) is 4.23. The molecule has 0 aliphatic carbocycles. The van der Waals surface area contributed by atoms with Gasteiger partial charge in [-0.15, -0.1) is 0 Å². The van der Waals surface area contributed by atoms with E-state index < -0.39 is 21.9 Å². The van der Waals surface area contributed by atoms with Crippen molar-refractivity contribution in [3.8, 4) is 11.5 Å². The Morgan fingerprint density at radius 3 is 2.39 bits per heavy atom. The van der Waals surface area contributed by atoms with Crippen molar-refractivity contribution in [2.75, 3.05) is 12.5 Å². The smallest absolute Gasteiger partial charge is 0.418 e. The lowest BCUT2D eigenvalue weighted by molar-refractivity contribution is -0.136. The van der Waals surface area contributed by atoms with E-state index in [1.54, 1.807) is 26.0 Å². The predicted molar refractivity (Wildman–Crippen MR) is 119 cm³/mol. The number of hydrogen-bond acceptors (Lipinski definition) is 6. The summed E-state index contributed by atoms with van der Waals surface area (Å²) in [6.07, 6.45) is -3.25. The number of aryl methyl sites for hydroxylation is 2. The van der Waals surface area contributed by atoms with Crippen LogP contribution < -0.4 is 14.3 Å². The summed E-state index contributed by atoms with van der Waals surface area (Å²) < 4.78 is 75.3. The van der Waals surface area contributed by atoms with Crippen LogP contribution >= 0.6 is 0 Å². The highest BCUT2D eigenvalue weighted by molar-refractivity contribution is 7.87. The van der Waals surface area contributed by atoms with E-state index in [4.69, 9.17) is 8.92 Å². The molecule has 10 heteroatoms. The van der Waals surface area contributed by atoms with Crippen molar-refractivity contribution in [2.45, 2.75) is 24.9 Å². The van der Waals surface area contributed by atoms with E-state index in [0.29, 0.717) is 11.1 Å². The molecule has 1 N–H and O–H groups in total. The van der Waals surface area contributed by atoms with Crippen LogP contribution in [0, 0.1) is 13.8 Å². The summed E-state index contributed by atoms with van der Waals surface area (Å²) in [5.41, 5.74) is 3.07. The summed E-state index contributed by atoms with van der Waals surface area (Å²) in [7, 11) is -2.78. The number of benzene rings is 3. The van der Waals surface area contributed by atoms with Crippen LogP contribution in [-0.4, -0.2) is 21.7 Å². The number of ether oxygens (including phenoxy) is 1. The molecule has 3 rings (SSSR count). The highest BCUT2D eigenvalue weighted by atomic mass is 32.2. The second kappa shape index (κ2) is 9.53. The average molecular weight is 478 g/mol. The lowest BCUT2D eigenvalue weighted by atomic mass is 10.2. The summed E-state index contributed by atoms with van der Waals surface area (Å²) in [6.45, 7) is 3.44. The van der Waals surface area contributed by atoms with E-state index in [1.165, 1.54) is 55.8 Å². The molecule has 0 aliphatic rings. The Kier molecular flexibility index (Phi) is 6.97. The molecule has 0 saturated carbocycles. The van der Waals surface area contributed by atoms with Crippen LogP contribution in [0.4, 0.5) is 18.9 Å². The number of methoxy groups -OCH3 is 1. The number of rotatable bonds is 7. The van der Waals surface area contributed by atoms with Gasteiger partial charge < -0.3 is 8.92 Å². The molecule has 0 spiro atoms. The second-order valence-corrected chi connectivity index (χ2v) is 8.64. The predicted octanol–water partition coefficient (Wildman–Crippen LogP) is 5.54. The van der Waals surface area contributed by atoms with Crippen molar-refractivity contribution in [3.63, 3.8) is 0 Å². The highest BCUT2D eigenvalue weighted by Gasteiger charge is 2.33. The van der Waals surface area contributed by atoms with Gasteiger partial charge in [-0.2, -0.15) is 26.7 Å². The van der Waals surface area contributed by atoms with Crippen LogP contribution in [0.2, 0.25) is 0 Å². The standard InChI is InChI=1S/C23H21F3N2O4S/c1-15-8-9-16(2)22(12-15)33(29,30)32-20-11-10-17(13-21(20)31-3)14-27-28-19-7-5-4-6-18(19)23(24,25)26/h4-14,28H,1-3H3. The number of hydrogen-bond donors (Lipinski definition) is 1. The highest BCUT2D eigenvalue weighted by Crippen LogP contribution is 2.35. The Morgan fingerprint density at radius 2 is 1.70 bits per heavy atom. The molecule has 0 fully saturated rings. The second-order valence-electron chi connectivity index (χ2n) is 7.13. The molecule has 0 atom stereocenters. The van der Waals surface area contributed by atoms with Gasteiger partial charge in [0.25, 0.3) is 0 Å². The van der Waals surface area contributed by atoms with Gasteiger partial charge in [-0.1, -0.05) is 24.3 Å². The molecule has 3 aromatic carbocycles. The maximum Gasteiger partial charge on any atom is 0.418 e. The number of alkyl halides is 3. The number of nitrogens with zero attached hydrogens (tertiary/aromatic N) is 1. The first-order chi connectivity index (χ1) is 15.5. The van der Waals surface area contributed by atoms with E-state index in [0.717, 1.165) is 11.6 Å². The topological polar surface area (TPSA) is 77.0 Å². The molecule has 0 radical (unpaired) electrons. The molecular weight excluding hydrogens is 457 g/mol. The molecule has 3 aromatic rings. The van der Waals surface area contributed by atoms with Crippen LogP contribution in [0.15, 0.2) is 70.7 Å². The number of anilines is 1. The molecule has 33 heavy (non-hydrogen) atoms. The number of halogens is 3. The summed E-state index contributed by atoms with van der Waals surface area (Å²) in [5.74, 6) is 0.0782. The van der Waals surface area contributed by atoms with Crippen molar-refractivity contribution < 1.29 is 30.5 Å². The zero-order valence-electron chi connectivity index (χ0n) is 18.0. The maximum atomic E-state index is 13.1. The Balaban J connectivity index is 1.81. The molecule has 0 unspecified atom stereocenters. The molecule has 6 nitrogen and oxygen atoms in total. The fourth-order valence-electron chi connectivity index (χ4n) is 2.98. The Bertz CT molecular complexity index is 1290. The van der Waals surface area contributed by atoms with Crippen molar-refractivity contribution in [3.05, 3.63) is 82.9 Å². The van der Waals surface area contributed by atoms with Crippen LogP contribution in [-0.2, 0) is 16.3 Å². The minimum absolute atomic E-state index is 0.0362. The van der Waals surface area contributed by atoms with Gasteiger partial charge in [-0.25, -0.2) is 0 Å². The Labute approximate surface area is 189 Å². The molecule has 0 heterocycles. The van der Waals surface area contributed by atoms with Crippen LogP contribution in [0.25, 0.3) is 0 Å². The maximum absolute atomic E-state index is 13.1. The average Bonchev–Trinajstić information content (AvgIpc) is 2.75. The molecular formula is C23H21F3N2O4S. The van der Waals surface area contributed by atoms with Gasteiger partial charge in [0.05, 0.1) is 24.6 Å². The van der Waals surface area contributed by atoms with Gasteiger partial charge in [-0.3, -0.25) is 5.43 Å². The molecule has 0 aliphatic heterocycles. The zero-order valence-corrected chi connectivity index (χ0v) is 18.8. The molecule has 174 valence electrons. The summed E-state index contributed by atoms with van der Waals surface area (Å²) >= 11 is 0. The first-order valence-corrected chi connectivity index (χ1v) is 11.1. The van der Waals surface area contributed by atoms with Gasteiger partial charge >= 0.3 is 16.3 Å². The number of para-hydroxylation sites is 1. The van der Waals surface area contributed by atoms with E-state index in [1.807, 2.05) is 0 Å². The van der Waals surface area contributed by atoms with Gasteiger partial charge in [0, 0.05) is 0 Å². The SMILES string of the molecule is COc1cc(C=NNc2ccccc2C(F)(F)F)ccc1OS(=O)(=O)c1cc(C)ccc1C. The third-order valence-electron chi connectivity index (χ3n) is 4.63. The monoisotopic (exact) mass is 478 g/mol. The van der Waals surface area contributed by atoms with E-state index in [-0.39, 0.29) is 22.1 Å². The van der Waals surface area contributed by atoms with Crippen molar-refractivity contribution in [2.24, 2.45) is 5.10 Å². The van der Waals surface area contributed by atoms with Gasteiger partial charge in [-0.05, 0) is 66.9 Å². The lowest BCUT2D eigenvalue weighted by Crippen LogP contribution is -2.12. The van der Waals surface area contributed by atoms with E-state index in [2.05, 4.69) is 10.5 Å². The van der Waals surface area contributed by atoms with Crippen molar-refractivity contribution >= 4 is 22.0 Å². The minimum Gasteiger partial charge on any atom is -0.493 e. The number of nitrogens with one attached hydrogen (secondary N) is 1. The first kappa shape index (κ1) is 24.1. The third kappa shape index (κ3) is 5.83. The molecule has 0 bridgehead atoms. The van der Waals surface area contributed by atoms with Crippen LogP contribution in [0.5, 0.6) is 11.5 Å². The lowest BCUT2D eigenvalue weighted by Gasteiger charge is -2.13. The van der Waals surface area contributed by atoms with Crippen LogP contribution in [0.3, 0.4) is 0 Å². The summed E-state index contributed by atoms with van der Waals surface area (Å²) in [6, 6.07) is 14.3. The summed E-state index contributed by atoms with van der Waals surface area (Å²) in [5, 5.41) is 3.84. The van der Waals surface area contributed by atoms with Crippen molar-refractivity contribution in [1.82, 2.24) is 0 Å². The normalized spacial score (nSPS) is 12.1. The minimum atomic E-state index is -4.53. The van der Waals surface area contributed by atoms with Crippen molar-refractivity contribution in [1.29, 1.82) is 0 Å². The quantitative estimate of drug-likeness (QED) is 0.274. The van der Waals surface area contributed by atoms with E-state index >= 15 is 0 Å². The van der Waals surface area contributed by atoms with E-state index in [9.17, 15) is 21.6 Å². The third-order valence-corrected chi connectivity index (χ3v) is 6.01. The molecule has 0 amide bonds. The number of hydrazone groups is 1. The first-order valence-electron chi connectivity index (χ1n) is 9.66. The Hall–Kier alpha value is -3.53. The van der Waals surface area contributed by atoms with Gasteiger partial charge in [0.1, 0.15) is 4.90 Å². The Morgan fingerprint density at radius 1 is 0.970 bits per heavy atom.